The lowest BCUT2D eigenvalue weighted by Crippen LogP contribution is -2.59. The number of carbonyl (C=O) groups excluding carboxylic acids is 5. The Labute approximate surface area is 226 Å². The number of nitrogens with one attached hydrogen (secondary N) is 2. The number of rotatable bonds is 11. The lowest BCUT2D eigenvalue weighted by Gasteiger charge is -2.38. The topological polar surface area (TPSA) is 125 Å². The third-order valence-corrected chi connectivity index (χ3v) is 7.58. The minimum absolute atomic E-state index is 0.0851. The van der Waals surface area contributed by atoms with E-state index in [1.807, 2.05) is 20.8 Å². The van der Waals surface area contributed by atoms with E-state index in [9.17, 15) is 24.0 Å². The number of carbonyl (C=O) groups is 5. The summed E-state index contributed by atoms with van der Waals surface area (Å²) in [6, 6.07) is -2.64. The fourth-order valence-electron chi connectivity index (χ4n) is 5.55. The van der Waals surface area contributed by atoms with Crippen LogP contribution >= 0.6 is 0 Å². The summed E-state index contributed by atoms with van der Waals surface area (Å²) in [5.74, 6) is -2.51. The molecule has 5 atom stereocenters. The van der Waals surface area contributed by atoms with Crippen molar-refractivity contribution in [3.8, 4) is 0 Å². The predicted octanol–water partition coefficient (Wildman–Crippen LogP) is 2.52. The van der Waals surface area contributed by atoms with Gasteiger partial charge in [-0.1, -0.05) is 47.1 Å². The number of ketones is 1. The van der Waals surface area contributed by atoms with E-state index in [-0.39, 0.29) is 35.6 Å². The number of Topliss-reactive ketones (excluding diaryl/α,β-unsaturated/α-hetero) is 1. The molecule has 1 heterocycles. The molecule has 1 aliphatic heterocycles. The molecule has 1 unspecified atom stereocenters. The van der Waals surface area contributed by atoms with E-state index in [1.165, 1.54) is 18.0 Å². The van der Waals surface area contributed by atoms with Gasteiger partial charge in [-0.2, -0.15) is 0 Å². The third-order valence-electron chi connectivity index (χ3n) is 7.58. The zero-order valence-electron chi connectivity index (χ0n) is 24.4. The second kappa shape index (κ2) is 11.9. The summed E-state index contributed by atoms with van der Waals surface area (Å²) in [5, 5.41) is 5.24. The average Bonchev–Trinajstić information content (AvgIpc) is 3.14. The van der Waals surface area contributed by atoms with Crippen LogP contribution in [-0.4, -0.2) is 83.3 Å². The monoisotopic (exact) mass is 534 g/mol. The van der Waals surface area contributed by atoms with Crippen LogP contribution in [0, 0.1) is 23.2 Å². The highest BCUT2D eigenvalue weighted by atomic mass is 16.6. The van der Waals surface area contributed by atoms with Crippen molar-refractivity contribution in [2.24, 2.45) is 23.2 Å². The minimum atomic E-state index is -1.000. The van der Waals surface area contributed by atoms with Crippen molar-refractivity contribution in [2.75, 3.05) is 20.1 Å². The van der Waals surface area contributed by atoms with Gasteiger partial charge in [0.25, 0.3) is 5.91 Å². The number of hydrogen-bond acceptors (Lipinski definition) is 6. The van der Waals surface area contributed by atoms with Crippen LogP contribution in [0.1, 0.15) is 68.2 Å². The molecule has 0 radical (unpaired) electrons. The Balaban J connectivity index is 2.31. The Hall–Kier alpha value is -2.91. The van der Waals surface area contributed by atoms with Crippen LogP contribution in [0.25, 0.3) is 0 Å². The Kier molecular flexibility index (Phi) is 9.78. The molecule has 2 aliphatic rings. The number of hydrogen-bond donors (Lipinski definition) is 2. The van der Waals surface area contributed by atoms with Crippen LogP contribution in [0.2, 0.25) is 0 Å². The van der Waals surface area contributed by atoms with Crippen molar-refractivity contribution in [3.05, 3.63) is 12.7 Å². The average molecular weight is 535 g/mol. The maximum Gasteiger partial charge on any atom is 0.410 e. The Morgan fingerprint density at radius 2 is 1.79 bits per heavy atom. The quantitative estimate of drug-likeness (QED) is 0.310. The van der Waals surface area contributed by atoms with E-state index >= 15 is 0 Å². The van der Waals surface area contributed by atoms with Gasteiger partial charge in [-0.3, -0.25) is 24.1 Å². The highest BCUT2D eigenvalue weighted by Crippen LogP contribution is 2.65. The van der Waals surface area contributed by atoms with Crippen molar-refractivity contribution in [2.45, 2.75) is 92.0 Å². The zero-order chi connectivity index (χ0) is 29.2. The van der Waals surface area contributed by atoms with Crippen molar-refractivity contribution in [1.29, 1.82) is 0 Å². The summed E-state index contributed by atoms with van der Waals surface area (Å²) < 4.78 is 5.49. The smallest absolute Gasteiger partial charge is 0.410 e. The third kappa shape index (κ3) is 6.74. The maximum atomic E-state index is 13.9. The number of amides is 4. The van der Waals surface area contributed by atoms with Gasteiger partial charge in [-0.15, -0.1) is 6.58 Å². The van der Waals surface area contributed by atoms with E-state index in [2.05, 4.69) is 31.1 Å². The second-order valence-corrected chi connectivity index (χ2v) is 12.4. The summed E-state index contributed by atoms with van der Waals surface area (Å²) >= 11 is 0. The van der Waals surface area contributed by atoms with Gasteiger partial charge in [0.1, 0.15) is 17.7 Å². The largest absolute Gasteiger partial charge is 0.444 e. The Morgan fingerprint density at radius 3 is 2.29 bits per heavy atom. The SMILES string of the molecule is C=CCNC(=O)C(=O)[C@@H](CCC)NC(=O)[C@@H]1[C@@H]2C(CN1C(=O)[C@H](C(C)C)N(C)C(=O)OC(C)(C)C)C2(C)C. The highest BCUT2D eigenvalue weighted by Gasteiger charge is 2.69. The summed E-state index contributed by atoms with van der Waals surface area (Å²) in [5.41, 5.74) is -0.870. The van der Waals surface area contributed by atoms with Crippen molar-refractivity contribution in [1.82, 2.24) is 20.4 Å². The molecule has 10 heteroatoms. The van der Waals surface area contributed by atoms with Crippen LogP contribution in [0.5, 0.6) is 0 Å². The fraction of sp³-hybridized carbons (Fsp3) is 0.750. The molecule has 214 valence electrons. The zero-order valence-corrected chi connectivity index (χ0v) is 24.4. The van der Waals surface area contributed by atoms with E-state index in [0.29, 0.717) is 19.4 Å². The Bertz CT molecular complexity index is 953. The van der Waals surface area contributed by atoms with Crippen LogP contribution < -0.4 is 10.6 Å². The predicted molar refractivity (Wildman–Crippen MR) is 144 cm³/mol. The van der Waals surface area contributed by atoms with Gasteiger partial charge in [0.05, 0.1) is 6.04 Å². The summed E-state index contributed by atoms with van der Waals surface area (Å²) in [6.45, 7) is 19.0. The molecule has 0 spiro atoms. The van der Waals surface area contributed by atoms with Crippen LogP contribution in [0.4, 0.5) is 4.79 Å². The summed E-state index contributed by atoms with van der Waals surface area (Å²) in [7, 11) is 1.53. The molecule has 10 nitrogen and oxygen atoms in total. The van der Waals surface area contributed by atoms with E-state index < -0.39 is 47.4 Å². The molecule has 2 rings (SSSR count). The van der Waals surface area contributed by atoms with Crippen molar-refractivity contribution in [3.63, 3.8) is 0 Å². The molecule has 1 aliphatic carbocycles. The maximum absolute atomic E-state index is 13.9. The number of piperidine rings is 1. The number of likely N-dealkylation sites (N-methyl/N-ethyl adjacent to an activating group) is 1. The van der Waals surface area contributed by atoms with Crippen molar-refractivity contribution < 1.29 is 28.7 Å². The molecule has 0 aromatic carbocycles. The first-order valence-electron chi connectivity index (χ1n) is 13.5. The summed E-state index contributed by atoms with van der Waals surface area (Å²) in [4.78, 5) is 68.4. The normalized spacial score (nSPS) is 23.1. The number of nitrogens with zero attached hydrogens (tertiary/aromatic N) is 2. The molecule has 1 saturated carbocycles. The molecule has 2 N–H and O–H groups in total. The first-order valence-corrected chi connectivity index (χ1v) is 13.5. The number of likely N-dealkylation sites (tertiary alicyclic amines) is 1. The Morgan fingerprint density at radius 1 is 1.18 bits per heavy atom. The first kappa shape index (κ1) is 31.3. The van der Waals surface area contributed by atoms with Gasteiger partial charge in [0, 0.05) is 20.1 Å². The molecular formula is C28H46N4O6. The fourth-order valence-corrected chi connectivity index (χ4v) is 5.55. The van der Waals surface area contributed by atoms with Crippen molar-refractivity contribution >= 4 is 29.6 Å². The van der Waals surface area contributed by atoms with Crippen LogP contribution in [-0.2, 0) is 23.9 Å². The molecule has 0 bridgehead atoms. The lowest BCUT2D eigenvalue weighted by atomic mass is 9.96. The molecular weight excluding hydrogens is 488 g/mol. The van der Waals surface area contributed by atoms with E-state index in [1.54, 1.807) is 25.7 Å². The van der Waals surface area contributed by atoms with E-state index in [0.717, 1.165) is 0 Å². The molecule has 38 heavy (non-hydrogen) atoms. The van der Waals surface area contributed by atoms with Gasteiger partial charge >= 0.3 is 6.09 Å². The molecule has 1 saturated heterocycles. The number of ether oxygens (including phenoxy) is 1. The molecule has 4 amide bonds. The lowest BCUT2D eigenvalue weighted by molar-refractivity contribution is -0.146. The minimum Gasteiger partial charge on any atom is -0.444 e. The second-order valence-electron chi connectivity index (χ2n) is 12.4. The van der Waals surface area contributed by atoms with Gasteiger partial charge < -0.3 is 20.3 Å². The van der Waals surface area contributed by atoms with Crippen LogP contribution in [0.3, 0.4) is 0 Å². The molecule has 2 fully saturated rings. The van der Waals surface area contributed by atoms with Crippen LogP contribution in [0.15, 0.2) is 12.7 Å². The standard InChI is InChI=1S/C28H46N4O6/c1-11-13-18(22(33)24(35)29-14-12-2)30-23(34)21-19-17(28(19,8)9)15-32(21)25(36)20(16(3)4)31(10)26(37)38-27(5,6)7/h12,16-21H,2,11,13-15H2,1,3-10H3,(H,29,35)(H,30,34)/t17?,18-,19+,20+,21+/m1/s1. The van der Waals surface area contributed by atoms with Gasteiger partial charge in [0.15, 0.2) is 0 Å². The van der Waals surface area contributed by atoms with Gasteiger partial charge in [-0.25, -0.2) is 4.79 Å². The summed E-state index contributed by atoms with van der Waals surface area (Å²) in [6.07, 6.45) is 1.72. The van der Waals surface area contributed by atoms with Gasteiger partial charge in [-0.05, 0) is 50.4 Å². The number of fused-ring (bicyclic) bond motifs is 1. The van der Waals surface area contributed by atoms with E-state index in [4.69, 9.17) is 4.74 Å². The first-order chi connectivity index (χ1) is 17.5. The highest BCUT2D eigenvalue weighted by molar-refractivity contribution is 6.38. The molecule has 0 aromatic heterocycles. The van der Waals surface area contributed by atoms with Gasteiger partial charge in [0.2, 0.25) is 17.6 Å². The molecule has 0 aromatic rings.